The van der Waals surface area contributed by atoms with Gasteiger partial charge in [-0.05, 0) is 38.6 Å². The van der Waals surface area contributed by atoms with Crippen molar-refractivity contribution in [2.75, 3.05) is 7.05 Å². The molecule has 0 bridgehead atoms. The van der Waals surface area contributed by atoms with Crippen molar-refractivity contribution in [2.24, 2.45) is 0 Å². The van der Waals surface area contributed by atoms with Gasteiger partial charge in [0, 0.05) is 36.1 Å². The first-order chi connectivity index (χ1) is 12.0. The fourth-order valence-electron chi connectivity index (χ4n) is 3.00. The van der Waals surface area contributed by atoms with Gasteiger partial charge in [0.05, 0.1) is 11.7 Å². The van der Waals surface area contributed by atoms with Gasteiger partial charge in [-0.2, -0.15) is 0 Å². The minimum Gasteiger partial charge on any atom is -0.361 e. The van der Waals surface area contributed by atoms with Gasteiger partial charge in [0.2, 0.25) is 0 Å². The molecule has 130 valence electrons. The SMILES string of the molecule is Cc1noc(C)c1CN(C)C(c1cccnc1)c1ccc(F)cc1F. The monoisotopic (exact) mass is 343 g/mol. The summed E-state index contributed by atoms with van der Waals surface area (Å²) in [5.41, 5.74) is 2.97. The zero-order valence-corrected chi connectivity index (χ0v) is 14.3. The summed E-state index contributed by atoms with van der Waals surface area (Å²) in [4.78, 5) is 6.11. The van der Waals surface area contributed by atoms with E-state index in [0.717, 1.165) is 28.6 Å². The van der Waals surface area contributed by atoms with Crippen molar-refractivity contribution in [2.45, 2.75) is 26.4 Å². The topological polar surface area (TPSA) is 42.2 Å². The van der Waals surface area contributed by atoms with Crippen molar-refractivity contribution in [3.05, 3.63) is 82.5 Å². The van der Waals surface area contributed by atoms with E-state index in [1.807, 2.05) is 31.9 Å². The highest BCUT2D eigenvalue weighted by Gasteiger charge is 2.25. The average molecular weight is 343 g/mol. The zero-order valence-electron chi connectivity index (χ0n) is 14.3. The van der Waals surface area contributed by atoms with E-state index in [0.29, 0.717) is 12.1 Å². The Labute approximate surface area is 145 Å². The van der Waals surface area contributed by atoms with Gasteiger partial charge in [-0.1, -0.05) is 17.3 Å². The van der Waals surface area contributed by atoms with Crippen LogP contribution < -0.4 is 0 Å². The summed E-state index contributed by atoms with van der Waals surface area (Å²) in [7, 11) is 1.88. The maximum Gasteiger partial charge on any atom is 0.138 e. The fraction of sp³-hybridized carbons (Fsp3) is 0.263. The number of aromatic nitrogens is 2. The van der Waals surface area contributed by atoms with Crippen LogP contribution in [-0.4, -0.2) is 22.1 Å². The van der Waals surface area contributed by atoms with E-state index in [1.165, 1.54) is 12.1 Å². The van der Waals surface area contributed by atoms with Crippen molar-refractivity contribution in [3.63, 3.8) is 0 Å². The average Bonchev–Trinajstić information content (AvgIpc) is 2.90. The van der Waals surface area contributed by atoms with Gasteiger partial charge in [0.1, 0.15) is 17.4 Å². The van der Waals surface area contributed by atoms with E-state index in [1.54, 1.807) is 18.5 Å². The molecule has 1 unspecified atom stereocenters. The largest absolute Gasteiger partial charge is 0.361 e. The van der Waals surface area contributed by atoms with Gasteiger partial charge in [0.25, 0.3) is 0 Å². The molecule has 0 spiro atoms. The molecule has 0 radical (unpaired) electrons. The van der Waals surface area contributed by atoms with Crippen LogP contribution in [0.25, 0.3) is 0 Å². The van der Waals surface area contributed by atoms with Crippen molar-refractivity contribution < 1.29 is 13.3 Å². The normalized spacial score (nSPS) is 12.6. The molecule has 0 aliphatic rings. The molecule has 3 rings (SSSR count). The number of aryl methyl sites for hydroxylation is 2. The number of nitrogens with zero attached hydrogens (tertiary/aromatic N) is 3. The van der Waals surface area contributed by atoms with Crippen molar-refractivity contribution >= 4 is 0 Å². The third-order valence-corrected chi connectivity index (χ3v) is 4.29. The highest BCUT2D eigenvalue weighted by atomic mass is 19.1. The zero-order chi connectivity index (χ0) is 18.0. The first kappa shape index (κ1) is 17.2. The van der Waals surface area contributed by atoms with E-state index in [-0.39, 0.29) is 0 Å². The maximum absolute atomic E-state index is 14.5. The summed E-state index contributed by atoms with van der Waals surface area (Å²) in [6, 6.07) is 6.92. The van der Waals surface area contributed by atoms with E-state index in [2.05, 4.69) is 10.1 Å². The van der Waals surface area contributed by atoms with Gasteiger partial charge in [-0.3, -0.25) is 9.88 Å². The number of halogens is 2. The Morgan fingerprint density at radius 3 is 2.60 bits per heavy atom. The number of pyridine rings is 1. The predicted molar refractivity (Wildman–Crippen MR) is 89.9 cm³/mol. The maximum atomic E-state index is 14.5. The Hall–Kier alpha value is -2.60. The van der Waals surface area contributed by atoms with Crippen LogP contribution in [0.15, 0.2) is 47.2 Å². The van der Waals surface area contributed by atoms with Crippen LogP contribution in [-0.2, 0) is 6.54 Å². The van der Waals surface area contributed by atoms with Gasteiger partial charge in [-0.25, -0.2) is 8.78 Å². The summed E-state index contributed by atoms with van der Waals surface area (Å²) in [5, 5.41) is 3.97. The van der Waals surface area contributed by atoms with Crippen LogP contribution in [0.3, 0.4) is 0 Å². The molecule has 0 fully saturated rings. The molecule has 6 heteroatoms. The predicted octanol–water partition coefficient (Wildman–Crippen LogP) is 4.19. The second kappa shape index (κ2) is 7.11. The van der Waals surface area contributed by atoms with Crippen LogP contribution in [0.5, 0.6) is 0 Å². The van der Waals surface area contributed by atoms with Crippen LogP contribution in [0.1, 0.15) is 34.2 Å². The summed E-state index contributed by atoms with van der Waals surface area (Å²) in [6.45, 7) is 4.23. The Balaban J connectivity index is 2.02. The summed E-state index contributed by atoms with van der Waals surface area (Å²) in [5.74, 6) is -0.451. The van der Waals surface area contributed by atoms with E-state index in [9.17, 15) is 8.78 Å². The number of hydrogen-bond donors (Lipinski definition) is 0. The van der Waals surface area contributed by atoms with Gasteiger partial charge >= 0.3 is 0 Å². The lowest BCUT2D eigenvalue weighted by atomic mass is 9.97. The Kier molecular flexibility index (Phi) is 4.90. The molecule has 0 saturated heterocycles. The molecule has 0 N–H and O–H groups in total. The van der Waals surface area contributed by atoms with E-state index in [4.69, 9.17) is 4.52 Å². The molecule has 1 aromatic carbocycles. The fourth-order valence-corrected chi connectivity index (χ4v) is 3.00. The lowest BCUT2D eigenvalue weighted by Crippen LogP contribution is -2.26. The van der Waals surface area contributed by atoms with Gasteiger partial charge in [-0.15, -0.1) is 0 Å². The third-order valence-electron chi connectivity index (χ3n) is 4.29. The standard InChI is InChI=1S/C19H19F2N3O/c1-12-17(13(2)25-23-12)11-24(3)19(14-5-4-8-22-10-14)16-7-6-15(20)9-18(16)21/h4-10,19H,11H2,1-3H3. The molecular weight excluding hydrogens is 324 g/mol. The quantitative estimate of drug-likeness (QED) is 0.697. The number of hydrogen-bond acceptors (Lipinski definition) is 4. The summed E-state index contributed by atoms with van der Waals surface area (Å²) < 4.78 is 33.0. The molecule has 0 aliphatic carbocycles. The van der Waals surface area contributed by atoms with Crippen molar-refractivity contribution in [3.8, 4) is 0 Å². The Bertz CT molecular complexity index is 845. The molecule has 3 aromatic rings. The molecule has 1 atom stereocenters. The minimum absolute atomic E-state index is 0.392. The first-order valence-electron chi connectivity index (χ1n) is 7.94. The lowest BCUT2D eigenvalue weighted by molar-refractivity contribution is 0.262. The molecule has 25 heavy (non-hydrogen) atoms. The lowest BCUT2D eigenvalue weighted by Gasteiger charge is -2.29. The second-order valence-electron chi connectivity index (χ2n) is 6.07. The van der Waals surface area contributed by atoms with Crippen molar-refractivity contribution in [1.29, 1.82) is 0 Å². The van der Waals surface area contributed by atoms with E-state index >= 15 is 0 Å². The molecule has 2 aromatic heterocycles. The summed E-state index contributed by atoms with van der Waals surface area (Å²) in [6.07, 6.45) is 3.35. The highest BCUT2D eigenvalue weighted by molar-refractivity contribution is 5.32. The van der Waals surface area contributed by atoms with Crippen LogP contribution >= 0.6 is 0 Å². The smallest absolute Gasteiger partial charge is 0.138 e. The van der Waals surface area contributed by atoms with Crippen LogP contribution in [0.2, 0.25) is 0 Å². The molecule has 2 heterocycles. The molecule has 0 aliphatic heterocycles. The number of benzene rings is 1. The summed E-state index contributed by atoms with van der Waals surface area (Å²) >= 11 is 0. The van der Waals surface area contributed by atoms with Crippen LogP contribution in [0.4, 0.5) is 8.78 Å². The molecule has 0 saturated carbocycles. The molecule has 0 amide bonds. The van der Waals surface area contributed by atoms with Crippen molar-refractivity contribution in [1.82, 2.24) is 15.0 Å². The number of rotatable bonds is 5. The first-order valence-corrected chi connectivity index (χ1v) is 7.94. The third kappa shape index (κ3) is 3.58. The highest BCUT2D eigenvalue weighted by Crippen LogP contribution is 2.31. The molecular formula is C19H19F2N3O. The van der Waals surface area contributed by atoms with Gasteiger partial charge in [0.15, 0.2) is 0 Å². The van der Waals surface area contributed by atoms with E-state index < -0.39 is 17.7 Å². The molecule has 4 nitrogen and oxygen atoms in total. The minimum atomic E-state index is -0.598. The Morgan fingerprint density at radius 2 is 2.00 bits per heavy atom. The Morgan fingerprint density at radius 1 is 1.20 bits per heavy atom. The van der Waals surface area contributed by atoms with Crippen LogP contribution in [0, 0.1) is 25.5 Å². The second-order valence-corrected chi connectivity index (χ2v) is 6.07. The van der Waals surface area contributed by atoms with Gasteiger partial charge < -0.3 is 4.52 Å².